The molecule has 0 aromatic heterocycles. The Balaban J connectivity index is 1.69. The summed E-state index contributed by atoms with van der Waals surface area (Å²) in [5.41, 5.74) is 0. The molecular formula is C11H21N3O. The van der Waals surface area contributed by atoms with Crippen molar-refractivity contribution in [3.8, 4) is 0 Å². The maximum atomic E-state index is 11.5. The molecule has 0 bridgehead atoms. The number of carbonyl (C=O) groups excluding carboxylic acids is 1. The summed E-state index contributed by atoms with van der Waals surface area (Å²) >= 11 is 0. The number of carbonyl (C=O) groups is 1. The quantitative estimate of drug-likeness (QED) is 0.725. The van der Waals surface area contributed by atoms with Gasteiger partial charge in [0.15, 0.2) is 0 Å². The highest BCUT2D eigenvalue weighted by Gasteiger charge is 2.19. The molecule has 0 aromatic carbocycles. The lowest BCUT2D eigenvalue weighted by Gasteiger charge is -2.30. The minimum absolute atomic E-state index is 0.130. The largest absolute Gasteiger partial charge is 0.338 e. The third-order valence-corrected chi connectivity index (χ3v) is 3.37. The predicted octanol–water partition coefficient (Wildman–Crippen LogP) is 0.791. The van der Waals surface area contributed by atoms with E-state index in [2.05, 4.69) is 10.6 Å². The average Bonchev–Trinajstić information content (AvgIpc) is 2.29. The molecule has 2 heterocycles. The van der Waals surface area contributed by atoms with Crippen LogP contribution in [-0.4, -0.2) is 43.7 Å². The molecule has 2 fully saturated rings. The van der Waals surface area contributed by atoms with E-state index in [0.29, 0.717) is 0 Å². The van der Waals surface area contributed by atoms with Crippen LogP contribution < -0.4 is 10.6 Å². The summed E-state index contributed by atoms with van der Waals surface area (Å²) < 4.78 is 0. The predicted molar refractivity (Wildman–Crippen MR) is 59.8 cm³/mol. The molecule has 2 aliphatic rings. The second kappa shape index (κ2) is 5.35. The number of hydrogen-bond acceptors (Lipinski definition) is 2. The Morgan fingerprint density at radius 3 is 3.00 bits per heavy atom. The molecule has 0 spiro atoms. The van der Waals surface area contributed by atoms with E-state index in [1.54, 1.807) is 0 Å². The van der Waals surface area contributed by atoms with Gasteiger partial charge in [-0.25, -0.2) is 4.79 Å². The Labute approximate surface area is 91.4 Å². The van der Waals surface area contributed by atoms with Gasteiger partial charge in [0.1, 0.15) is 0 Å². The molecule has 86 valence electrons. The van der Waals surface area contributed by atoms with Crippen molar-refractivity contribution in [3.05, 3.63) is 0 Å². The second-order valence-electron chi connectivity index (χ2n) is 4.57. The molecule has 0 aromatic rings. The Kier molecular flexibility index (Phi) is 3.83. The molecule has 1 atom stereocenters. The molecule has 2 N–H and O–H groups in total. The van der Waals surface area contributed by atoms with Gasteiger partial charge in [-0.05, 0) is 44.7 Å². The molecule has 2 amide bonds. The van der Waals surface area contributed by atoms with Crippen LogP contribution in [0.25, 0.3) is 0 Å². The summed E-state index contributed by atoms with van der Waals surface area (Å²) in [7, 11) is 0. The molecule has 15 heavy (non-hydrogen) atoms. The molecule has 0 saturated carbocycles. The fourth-order valence-corrected chi connectivity index (χ4v) is 2.40. The lowest BCUT2D eigenvalue weighted by molar-refractivity contribution is 0.179. The number of hydrogen-bond donors (Lipinski definition) is 2. The maximum Gasteiger partial charge on any atom is 0.317 e. The van der Waals surface area contributed by atoms with Crippen LogP contribution in [0.15, 0.2) is 0 Å². The zero-order valence-corrected chi connectivity index (χ0v) is 9.30. The van der Waals surface area contributed by atoms with Gasteiger partial charge in [-0.3, -0.25) is 0 Å². The zero-order chi connectivity index (χ0) is 10.5. The van der Waals surface area contributed by atoms with Crippen molar-refractivity contribution in [2.75, 3.05) is 32.7 Å². The van der Waals surface area contributed by atoms with Gasteiger partial charge in [-0.2, -0.15) is 0 Å². The smallest absolute Gasteiger partial charge is 0.317 e. The van der Waals surface area contributed by atoms with Gasteiger partial charge in [0, 0.05) is 19.6 Å². The summed E-state index contributed by atoms with van der Waals surface area (Å²) in [6.45, 7) is 5.01. The zero-order valence-electron chi connectivity index (χ0n) is 9.30. The Morgan fingerprint density at radius 2 is 2.27 bits per heavy atom. The van der Waals surface area contributed by atoms with Crippen LogP contribution in [0.5, 0.6) is 0 Å². The summed E-state index contributed by atoms with van der Waals surface area (Å²) in [4.78, 5) is 13.4. The van der Waals surface area contributed by atoms with Crippen molar-refractivity contribution in [2.24, 2.45) is 5.92 Å². The molecule has 0 aliphatic carbocycles. The van der Waals surface area contributed by atoms with Crippen LogP contribution in [0.3, 0.4) is 0 Å². The van der Waals surface area contributed by atoms with E-state index in [0.717, 1.165) is 44.9 Å². The lowest BCUT2D eigenvalue weighted by atomic mass is 9.96. The molecule has 2 aliphatic heterocycles. The number of urea groups is 1. The number of nitrogens with zero attached hydrogens (tertiary/aromatic N) is 1. The van der Waals surface area contributed by atoms with E-state index in [9.17, 15) is 4.79 Å². The van der Waals surface area contributed by atoms with Gasteiger partial charge in [0.25, 0.3) is 0 Å². The van der Waals surface area contributed by atoms with Gasteiger partial charge in [0.05, 0.1) is 0 Å². The highest BCUT2D eigenvalue weighted by molar-refractivity contribution is 5.74. The summed E-state index contributed by atoms with van der Waals surface area (Å²) in [5, 5.41) is 6.31. The molecule has 2 rings (SSSR count). The monoisotopic (exact) mass is 211 g/mol. The van der Waals surface area contributed by atoms with Crippen LogP contribution in [0.2, 0.25) is 0 Å². The minimum atomic E-state index is 0.130. The fourth-order valence-electron chi connectivity index (χ4n) is 2.40. The van der Waals surface area contributed by atoms with Crippen LogP contribution in [-0.2, 0) is 0 Å². The number of piperidine rings is 1. The molecule has 2 saturated heterocycles. The van der Waals surface area contributed by atoms with E-state index in [1.807, 2.05) is 4.90 Å². The average molecular weight is 211 g/mol. The van der Waals surface area contributed by atoms with Crippen molar-refractivity contribution < 1.29 is 4.79 Å². The molecule has 0 radical (unpaired) electrons. The van der Waals surface area contributed by atoms with Gasteiger partial charge < -0.3 is 15.5 Å². The van der Waals surface area contributed by atoms with Crippen LogP contribution in [0, 0.1) is 5.92 Å². The van der Waals surface area contributed by atoms with Crippen LogP contribution >= 0.6 is 0 Å². The standard InChI is InChI=1S/C11H21N3O/c15-11-13-6-2-7-14(11)8-4-10-3-1-5-12-9-10/h10,12H,1-9H2,(H,13,15). The van der Waals surface area contributed by atoms with Gasteiger partial charge >= 0.3 is 6.03 Å². The second-order valence-corrected chi connectivity index (χ2v) is 4.57. The maximum absolute atomic E-state index is 11.5. The topological polar surface area (TPSA) is 44.4 Å². The van der Waals surface area contributed by atoms with Crippen LogP contribution in [0.4, 0.5) is 4.79 Å². The highest BCUT2D eigenvalue weighted by Crippen LogP contribution is 2.15. The first kappa shape index (κ1) is 10.7. The number of nitrogens with one attached hydrogen (secondary N) is 2. The van der Waals surface area contributed by atoms with Gasteiger partial charge in [-0.1, -0.05) is 0 Å². The van der Waals surface area contributed by atoms with Gasteiger partial charge in [0.2, 0.25) is 0 Å². The summed E-state index contributed by atoms with van der Waals surface area (Å²) in [6, 6.07) is 0.130. The lowest BCUT2D eigenvalue weighted by Crippen LogP contribution is -2.47. The first-order valence-corrected chi connectivity index (χ1v) is 6.10. The normalized spacial score (nSPS) is 27.6. The molecule has 4 nitrogen and oxygen atoms in total. The Bertz CT molecular complexity index is 214. The highest BCUT2D eigenvalue weighted by atomic mass is 16.2. The van der Waals surface area contributed by atoms with E-state index >= 15 is 0 Å². The van der Waals surface area contributed by atoms with Crippen molar-refractivity contribution >= 4 is 6.03 Å². The third kappa shape index (κ3) is 3.09. The minimum Gasteiger partial charge on any atom is -0.338 e. The summed E-state index contributed by atoms with van der Waals surface area (Å²) in [6.07, 6.45) is 4.86. The van der Waals surface area contributed by atoms with E-state index < -0.39 is 0 Å². The van der Waals surface area contributed by atoms with Crippen molar-refractivity contribution in [2.45, 2.75) is 25.7 Å². The Morgan fingerprint density at radius 1 is 1.33 bits per heavy atom. The number of rotatable bonds is 3. The molecule has 1 unspecified atom stereocenters. The number of amides is 2. The molecule has 4 heteroatoms. The van der Waals surface area contributed by atoms with E-state index in [-0.39, 0.29) is 6.03 Å². The first-order valence-electron chi connectivity index (χ1n) is 6.10. The SMILES string of the molecule is O=C1NCCCN1CCC1CCCNC1. The van der Waals surface area contributed by atoms with E-state index in [4.69, 9.17) is 0 Å². The van der Waals surface area contributed by atoms with Crippen LogP contribution in [0.1, 0.15) is 25.7 Å². The molecular weight excluding hydrogens is 190 g/mol. The van der Waals surface area contributed by atoms with E-state index in [1.165, 1.54) is 19.4 Å². The van der Waals surface area contributed by atoms with Crippen molar-refractivity contribution in [3.63, 3.8) is 0 Å². The Hall–Kier alpha value is -0.770. The third-order valence-electron chi connectivity index (χ3n) is 3.37. The first-order chi connectivity index (χ1) is 7.36. The summed E-state index contributed by atoms with van der Waals surface area (Å²) in [5.74, 6) is 0.772. The van der Waals surface area contributed by atoms with Gasteiger partial charge in [-0.15, -0.1) is 0 Å². The fraction of sp³-hybridized carbons (Fsp3) is 0.909. The van der Waals surface area contributed by atoms with Crippen molar-refractivity contribution in [1.82, 2.24) is 15.5 Å². The van der Waals surface area contributed by atoms with Crippen molar-refractivity contribution in [1.29, 1.82) is 0 Å².